The van der Waals surface area contributed by atoms with E-state index in [4.69, 9.17) is 9.47 Å². The van der Waals surface area contributed by atoms with Gasteiger partial charge in [-0.15, -0.1) is 0 Å². The van der Waals surface area contributed by atoms with Crippen LogP contribution in [0.5, 0.6) is 0 Å². The Hall–Kier alpha value is -1.63. The van der Waals surface area contributed by atoms with Crippen LogP contribution in [-0.2, 0) is 22.6 Å². The summed E-state index contributed by atoms with van der Waals surface area (Å²) in [6, 6.07) is 8.66. The van der Waals surface area contributed by atoms with Gasteiger partial charge in [0.1, 0.15) is 0 Å². The summed E-state index contributed by atoms with van der Waals surface area (Å²) in [6.45, 7) is 13.1. The third kappa shape index (κ3) is 7.28. The fraction of sp³-hybridized carbons (Fsp3) is 0.696. The monoisotopic (exact) mass is 402 g/mol. The highest BCUT2D eigenvalue weighted by molar-refractivity contribution is 5.80. The lowest BCUT2D eigenvalue weighted by Gasteiger charge is -2.37. The molecule has 0 amide bonds. The minimum Gasteiger partial charge on any atom is -0.381 e. The van der Waals surface area contributed by atoms with Crippen molar-refractivity contribution in [1.29, 1.82) is 0 Å². The molecule has 2 aliphatic heterocycles. The number of hydrogen-bond donors (Lipinski definition) is 1. The molecular formula is C23H38N4O2. The summed E-state index contributed by atoms with van der Waals surface area (Å²) in [7, 11) is 1.88. The molecule has 1 aromatic rings. The second-order valence-electron chi connectivity index (χ2n) is 8.52. The van der Waals surface area contributed by atoms with E-state index < -0.39 is 0 Å². The molecule has 1 N–H and O–H groups in total. The van der Waals surface area contributed by atoms with Crippen LogP contribution < -0.4 is 5.32 Å². The molecule has 0 aromatic heterocycles. The highest BCUT2D eigenvalue weighted by atomic mass is 16.5. The fourth-order valence-corrected chi connectivity index (χ4v) is 4.06. The SMILES string of the molecule is CN=C(NCc1cccc(COC2CCOCC2)c1)N1CCN(CC(C)C)CC1. The highest BCUT2D eigenvalue weighted by Crippen LogP contribution is 2.14. The first-order valence-corrected chi connectivity index (χ1v) is 11.1. The Bertz CT molecular complexity index is 636. The van der Waals surface area contributed by atoms with Crippen LogP contribution in [0.2, 0.25) is 0 Å². The maximum atomic E-state index is 6.07. The summed E-state index contributed by atoms with van der Waals surface area (Å²) < 4.78 is 11.5. The molecule has 0 spiro atoms. The number of ether oxygens (including phenoxy) is 2. The minimum absolute atomic E-state index is 0.332. The molecule has 3 rings (SSSR count). The molecule has 0 saturated carbocycles. The van der Waals surface area contributed by atoms with Gasteiger partial charge in [0, 0.05) is 59.5 Å². The van der Waals surface area contributed by atoms with E-state index in [-0.39, 0.29) is 0 Å². The Balaban J connectivity index is 1.44. The molecule has 6 nitrogen and oxygen atoms in total. The number of rotatable bonds is 7. The van der Waals surface area contributed by atoms with Crippen molar-refractivity contribution in [3.05, 3.63) is 35.4 Å². The van der Waals surface area contributed by atoms with Crippen molar-refractivity contribution in [3.63, 3.8) is 0 Å². The smallest absolute Gasteiger partial charge is 0.194 e. The quantitative estimate of drug-likeness (QED) is 0.561. The zero-order chi connectivity index (χ0) is 20.5. The van der Waals surface area contributed by atoms with Gasteiger partial charge in [-0.05, 0) is 29.9 Å². The summed E-state index contributed by atoms with van der Waals surface area (Å²) >= 11 is 0. The van der Waals surface area contributed by atoms with E-state index in [2.05, 4.69) is 58.2 Å². The lowest BCUT2D eigenvalue weighted by molar-refractivity contribution is -0.0390. The molecular weight excluding hydrogens is 364 g/mol. The van der Waals surface area contributed by atoms with E-state index in [1.165, 1.54) is 17.7 Å². The molecule has 0 bridgehead atoms. The van der Waals surface area contributed by atoms with Gasteiger partial charge in [0.2, 0.25) is 0 Å². The molecule has 1 aromatic carbocycles. The van der Waals surface area contributed by atoms with Crippen LogP contribution in [0, 0.1) is 5.92 Å². The number of aliphatic imine (C=N–C) groups is 1. The first kappa shape index (κ1) is 22.1. The highest BCUT2D eigenvalue weighted by Gasteiger charge is 2.20. The second kappa shape index (κ2) is 11.5. The van der Waals surface area contributed by atoms with Crippen LogP contribution in [0.4, 0.5) is 0 Å². The molecule has 2 saturated heterocycles. The molecule has 162 valence electrons. The van der Waals surface area contributed by atoms with Crippen LogP contribution in [-0.4, -0.2) is 74.8 Å². The summed E-state index contributed by atoms with van der Waals surface area (Å²) in [5.74, 6) is 1.72. The van der Waals surface area contributed by atoms with Crippen LogP contribution >= 0.6 is 0 Å². The van der Waals surface area contributed by atoms with Gasteiger partial charge in [0.15, 0.2) is 5.96 Å². The minimum atomic E-state index is 0.332. The number of nitrogens with zero attached hydrogens (tertiary/aromatic N) is 3. The number of guanidine groups is 1. The van der Waals surface area contributed by atoms with E-state index in [1.807, 2.05) is 7.05 Å². The largest absolute Gasteiger partial charge is 0.381 e. The number of nitrogens with one attached hydrogen (secondary N) is 1. The molecule has 2 heterocycles. The van der Waals surface area contributed by atoms with Crippen molar-refractivity contribution >= 4 is 5.96 Å². The molecule has 6 heteroatoms. The van der Waals surface area contributed by atoms with Crippen molar-refractivity contribution in [2.24, 2.45) is 10.9 Å². The van der Waals surface area contributed by atoms with Crippen LogP contribution in [0.25, 0.3) is 0 Å². The lowest BCUT2D eigenvalue weighted by Crippen LogP contribution is -2.52. The van der Waals surface area contributed by atoms with Crippen molar-refractivity contribution in [3.8, 4) is 0 Å². The van der Waals surface area contributed by atoms with Gasteiger partial charge in [-0.2, -0.15) is 0 Å². The first-order chi connectivity index (χ1) is 14.1. The predicted octanol–water partition coefficient (Wildman–Crippen LogP) is 2.73. The van der Waals surface area contributed by atoms with Gasteiger partial charge in [-0.3, -0.25) is 9.89 Å². The molecule has 0 aliphatic carbocycles. The molecule has 2 fully saturated rings. The van der Waals surface area contributed by atoms with Crippen molar-refractivity contribution in [1.82, 2.24) is 15.1 Å². The van der Waals surface area contributed by atoms with Gasteiger partial charge in [0.25, 0.3) is 0 Å². The van der Waals surface area contributed by atoms with Gasteiger partial charge >= 0.3 is 0 Å². The van der Waals surface area contributed by atoms with Gasteiger partial charge in [-0.1, -0.05) is 38.1 Å². The van der Waals surface area contributed by atoms with E-state index >= 15 is 0 Å². The molecule has 2 aliphatic rings. The normalized spacial score (nSPS) is 19.7. The van der Waals surface area contributed by atoms with E-state index in [0.29, 0.717) is 12.7 Å². The standard InChI is InChI=1S/C23H38N4O2/c1-19(2)17-26-9-11-27(12-10-26)23(24-3)25-16-20-5-4-6-21(15-20)18-29-22-7-13-28-14-8-22/h4-6,15,19,22H,7-14,16-18H2,1-3H3,(H,24,25). The molecule has 0 atom stereocenters. The van der Waals surface area contributed by atoms with Gasteiger partial charge in [0.05, 0.1) is 12.7 Å². The number of piperazine rings is 1. The van der Waals surface area contributed by atoms with E-state index in [0.717, 1.165) is 70.7 Å². The Morgan fingerprint density at radius 3 is 2.59 bits per heavy atom. The summed E-state index contributed by atoms with van der Waals surface area (Å²) in [4.78, 5) is 9.43. The topological polar surface area (TPSA) is 49.3 Å². The zero-order valence-corrected chi connectivity index (χ0v) is 18.4. The van der Waals surface area contributed by atoms with Crippen molar-refractivity contribution in [2.75, 3.05) is 53.0 Å². The Labute approximate surface area is 176 Å². The van der Waals surface area contributed by atoms with Crippen molar-refractivity contribution < 1.29 is 9.47 Å². The first-order valence-electron chi connectivity index (χ1n) is 11.1. The Morgan fingerprint density at radius 2 is 1.90 bits per heavy atom. The third-order valence-corrected chi connectivity index (χ3v) is 5.60. The Kier molecular flexibility index (Phi) is 8.77. The molecule has 0 radical (unpaired) electrons. The maximum Gasteiger partial charge on any atom is 0.194 e. The summed E-state index contributed by atoms with van der Waals surface area (Å²) in [6.07, 6.45) is 2.34. The zero-order valence-electron chi connectivity index (χ0n) is 18.4. The van der Waals surface area contributed by atoms with Crippen molar-refractivity contribution in [2.45, 2.75) is 45.9 Å². The average molecular weight is 403 g/mol. The number of hydrogen-bond acceptors (Lipinski definition) is 4. The summed E-state index contributed by atoms with van der Waals surface area (Å²) in [5.41, 5.74) is 2.49. The van der Waals surface area contributed by atoms with Crippen LogP contribution in [0.15, 0.2) is 29.3 Å². The average Bonchev–Trinajstić information content (AvgIpc) is 2.74. The summed E-state index contributed by atoms with van der Waals surface area (Å²) in [5, 5.41) is 3.54. The molecule has 29 heavy (non-hydrogen) atoms. The van der Waals surface area contributed by atoms with Crippen LogP contribution in [0.3, 0.4) is 0 Å². The Morgan fingerprint density at radius 1 is 1.17 bits per heavy atom. The predicted molar refractivity (Wildman–Crippen MR) is 118 cm³/mol. The fourth-order valence-electron chi connectivity index (χ4n) is 4.06. The van der Waals surface area contributed by atoms with E-state index in [1.54, 1.807) is 0 Å². The third-order valence-electron chi connectivity index (χ3n) is 5.60. The number of benzene rings is 1. The van der Waals surface area contributed by atoms with Gasteiger partial charge < -0.3 is 19.7 Å². The van der Waals surface area contributed by atoms with Gasteiger partial charge in [-0.25, -0.2) is 0 Å². The van der Waals surface area contributed by atoms with E-state index in [9.17, 15) is 0 Å². The van der Waals surface area contributed by atoms with Crippen LogP contribution in [0.1, 0.15) is 37.8 Å². The lowest BCUT2D eigenvalue weighted by atomic mass is 10.1. The second-order valence-corrected chi connectivity index (χ2v) is 8.52. The molecule has 0 unspecified atom stereocenters. The maximum absolute atomic E-state index is 6.07.